The molecule has 0 unspecified atom stereocenters. The first-order valence-electron chi connectivity index (χ1n) is 6.60. The molecule has 20 heavy (non-hydrogen) atoms. The van der Waals surface area contributed by atoms with Crippen LogP contribution in [0.25, 0.3) is 0 Å². The van der Waals surface area contributed by atoms with Crippen molar-refractivity contribution in [3.8, 4) is 11.8 Å². The van der Waals surface area contributed by atoms with Crippen molar-refractivity contribution >= 4 is 17.5 Å². The monoisotopic (exact) mass is 294 g/mol. The van der Waals surface area contributed by atoms with E-state index in [-0.39, 0.29) is 5.91 Å². The van der Waals surface area contributed by atoms with Crippen molar-refractivity contribution in [2.45, 2.75) is 26.2 Å². The highest BCUT2D eigenvalue weighted by Gasteiger charge is 2.08. The topological polar surface area (TPSA) is 53.3 Å². The number of benzene rings is 1. The first kappa shape index (κ1) is 16.3. The molecule has 1 rings (SSSR count). The van der Waals surface area contributed by atoms with E-state index in [4.69, 9.17) is 21.6 Å². The molecule has 4 nitrogen and oxygen atoms in total. The van der Waals surface area contributed by atoms with Gasteiger partial charge in [-0.15, -0.1) is 0 Å². The van der Waals surface area contributed by atoms with E-state index in [0.29, 0.717) is 26.0 Å². The molecule has 1 amide bonds. The third-order valence-corrected chi connectivity index (χ3v) is 3.34. The molecule has 0 N–H and O–H groups in total. The fourth-order valence-corrected chi connectivity index (χ4v) is 1.95. The Kier molecular flexibility index (Phi) is 6.89. The number of nitriles is 1. The van der Waals surface area contributed by atoms with Gasteiger partial charge < -0.3 is 9.64 Å². The molecule has 0 radical (unpaired) electrons. The van der Waals surface area contributed by atoms with Gasteiger partial charge >= 0.3 is 0 Å². The molecule has 5 heteroatoms. The van der Waals surface area contributed by atoms with E-state index in [2.05, 4.69) is 0 Å². The molecule has 0 aliphatic rings. The Hall–Kier alpha value is -1.73. The molecule has 0 aliphatic carbocycles. The lowest BCUT2D eigenvalue weighted by molar-refractivity contribution is -0.130. The third kappa shape index (κ3) is 5.10. The minimum atomic E-state index is -0.0232. The number of ether oxygens (including phenoxy) is 1. The molecule has 0 saturated carbocycles. The molecule has 1 aromatic rings. The predicted octanol–water partition coefficient (Wildman–Crippen LogP) is 3.04. The second kappa shape index (κ2) is 8.44. The van der Waals surface area contributed by atoms with Crippen molar-refractivity contribution in [2.75, 3.05) is 20.2 Å². The highest BCUT2D eigenvalue weighted by Crippen LogP contribution is 2.22. The van der Waals surface area contributed by atoms with Crippen molar-refractivity contribution < 1.29 is 9.53 Å². The van der Waals surface area contributed by atoms with Crippen LogP contribution < -0.4 is 4.74 Å². The molecule has 0 aromatic heterocycles. The lowest BCUT2D eigenvalue weighted by Gasteiger charge is -2.15. The molecule has 0 saturated heterocycles. The van der Waals surface area contributed by atoms with Crippen LogP contribution >= 0.6 is 11.6 Å². The molecule has 0 atom stereocenters. The normalized spacial score (nSPS) is 9.90. The van der Waals surface area contributed by atoms with E-state index in [0.717, 1.165) is 22.8 Å². The summed E-state index contributed by atoms with van der Waals surface area (Å²) >= 11 is 6.03. The maximum Gasteiger partial charge on any atom is 0.225 e. The molecule has 0 fully saturated rings. The van der Waals surface area contributed by atoms with Crippen LogP contribution in [0.15, 0.2) is 18.2 Å². The number of nitrogens with zero attached hydrogens (tertiary/aromatic N) is 2. The summed E-state index contributed by atoms with van der Waals surface area (Å²) < 4.78 is 5.56. The van der Waals surface area contributed by atoms with Crippen molar-refractivity contribution in [1.82, 2.24) is 4.90 Å². The summed E-state index contributed by atoms with van der Waals surface area (Å²) in [6, 6.07) is 7.51. The van der Waals surface area contributed by atoms with E-state index in [1.54, 1.807) is 24.1 Å². The zero-order valence-corrected chi connectivity index (χ0v) is 12.6. The summed E-state index contributed by atoms with van der Waals surface area (Å²) in [7, 11) is 1.69. The fraction of sp³-hybridized carbons (Fsp3) is 0.467. The number of halogens is 1. The van der Waals surface area contributed by atoms with Crippen LogP contribution in [-0.2, 0) is 11.2 Å². The van der Waals surface area contributed by atoms with Gasteiger partial charge in [0.15, 0.2) is 0 Å². The summed E-state index contributed by atoms with van der Waals surface area (Å²) in [5.74, 6) is 0.698. The van der Waals surface area contributed by atoms with Gasteiger partial charge in [0.2, 0.25) is 5.91 Å². The van der Waals surface area contributed by atoms with Gasteiger partial charge in [-0.2, -0.15) is 5.26 Å². The zero-order chi connectivity index (χ0) is 15.0. The van der Waals surface area contributed by atoms with Gasteiger partial charge in [-0.05, 0) is 30.2 Å². The van der Waals surface area contributed by atoms with Crippen LogP contribution in [-0.4, -0.2) is 31.0 Å². The minimum Gasteiger partial charge on any atom is -0.493 e. The lowest BCUT2D eigenvalue weighted by atomic mass is 10.1. The van der Waals surface area contributed by atoms with Gasteiger partial charge in [0, 0.05) is 18.6 Å². The summed E-state index contributed by atoms with van der Waals surface area (Å²) in [5.41, 5.74) is 1.03. The van der Waals surface area contributed by atoms with Crippen molar-refractivity contribution in [3.05, 3.63) is 28.8 Å². The van der Waals surface area contributed by atoms with Crippen LogP contribution in [0.3, 0.4) is 0 Å². The number of rotatable bonds is 7. The Morgan fingerprint density at radius 1 is 1.50 bits per heavy atom. The zero-order valence-electron chi connectivity index (χ0n) is 11.9. The molecular weight excluding hydrogens is 276 g/mol. The number of aryl methyl sites for hydroxylation is 1. The van der Waals surface area contributed by atoms with Crippen LogP contribution in [0, 0.1) is 11.3 Å². The molecule has 1 aromatic carbocycles. The molecule has 0 spiro atoms. The second-order valence-electron chi connectivity index (χ2n) is 4.43. The second-order valence-corrected chi connectivity index (χ2v) is 4.84. The standard InChI is InChI=1S/C15H19ClN2O2/c1-3-12-11-13(5-6-14(12)16)20-10-7-15(19)18(2)9-4-8-17/h5-6,11H,3-4,7,9-10H2,1-2H3. The lowest BCUT2D eigenvalue weighted by Crippen LogP contribution is -2.28. The van der Waals surface area contributed by atoms with Crippen LogP contribution in [0.1, 0.15) is 25.3 Å². The average Bonchev–Trinajstić information content (AvgIpc) is 2.46. The quantitative estimate of drug-likeness (QED) is 0.776. The maximum atomic E-state index is 11.7. The van der Waals surface area contributed by atoms with Gasteiger partial charge in [0.05, 0.1) is 25.5 Å². The molecular formula is C15H19ClN2O2. The van der Waals surface area contributed by atoms with Crippen LogP contribution in [0.4, 0.5) is 0 Å². The highest BCUT2D eigenvalue weighted by molar-refractivity contribution is 6.31. The number of carbonyl (C=O) groups excluding carboxylic acids is 1. The smallest absolute Gasteiger partial charge is 0.225 e. The van der Waals surface area contributed by atoms with Crippen LogP contribution in [0.5, 0.6) is 5.75 Å². The largest absolute Gasteiger partial charge is 0.493 e. The first-order chi connectivity index (χ1) is 9.58. The Bertz CT molecular complexity index is 497. The fourth-order valence-electron chi connectivity index (χ4n) is 1.70. The first-order valence-corrected chi connectivity index (χ1v) is 6.98. The van der Waals surface area contributed by atoms with E-state index in [1.165, 1.54) is 0 Å². The van der Waals surface area contributed by atoms with Gasteiger partial charge in [-0.1, -0.05) is 18.5 Å². The van der Waals surface area contributed by atoms with Gasteiger partial charge in [-0.3, -0.25) is 4.79 Å². The highest BCUT2D eigenvalue weighted by atomic mass is 35.5. The van der Waals surface area contributed by atoms with Crippen molar-refractivity contribution in [1.29, 1.82) is 5.26 Å². The Morgan fingerprint density at radius 2 is 2.25 bits per heavy atom. The van der Waals surface area contributed by atoms with Crippen molar-refractivity contribution in [2.24, 2.45) is 0 Å². The Balaban J connectivity index is 2.41. The van der Waals surface area contributed by atoms with E-state index >= 15 is 0 Å². The summed E-state index contributed by atoms with van der Waals surface area (Å²) in [6.45, 7) is 2.80. The number of hydrogen-bond donors (Lipinski definition) is 0. The van der Waals surface area contributed by atoms with Crippen molar-refractivity contribution in [3.63, 3.8) is 0 Å². The van der Waals surface area contributed by atoms with Gasteiger partial charge in [-0.25, -0.2) is 0 Å². The number of carbonyl (C=O) groups is 1. The molecule has 0 bridgehead atoms. The minimum absolute atomic E-state index is 0.0232. The summed E-state index contributed by atoms with van der Waals surface area (Å²) in [5, 5.41) is 9.20. The molecule has 0 aliphatic heterocycles. The predicted molar refractivity (Wildman–Crippen MR) is 78.8 cm³/mol. The summed E-state index contributed by atoms with van der Waals surface area (Å²) in [4.78, 5) is 13.3. The van der Waals surface area contributed by atoms with Gasteiger partial charge in [0.1, 0.15) is 5.75 Å². The van der Waals surface area contributed by atoms with Gasteiger partial charge in [0.25, 0.3) is 0 Å². The average molecular weight is 295 g/mol. The Labute approximate surface area is 124 Å². The van der Waals surface area contributed by atoms with E-state index in [1.807, 2.05) is 19.1 Å². The number of hydrogen-bond acceptors (Lipinski definition) is 3. The maximum absolute atomic E-state index is 11.7. The summed E-state index contributed by atoms with van der Waals surface area (Å²) in [6.07, 6.45) is 1.48. The third-order valence-electron chi connectivity index (χ3n) is 2.97. The Morgan fingerprint density at radius 3 is 2.90 bits per heavy atom. The van der Waals surface area contributed by atoms with E-state index < -0.39 is 0 Å². The van der Waals surface area contributed by atoms with Crippen LogP contribution in [0.2, 0.25) is 5.02 Å². The SMILES string of the molecule is CCc1cc(OCCC(=O)N(C)CCC#N)ccc1Cl. The van der Waals surface area contributed by atoms with E-state index in [9.17, 15) is 4.79 Å². The molecule has 108 valence electrons. The molecule has 0 heterocycles. The number of amides is 1.